The van der Waals surface area contributed by atoms with E-state index in [0.29, 0.717) is 10.3 Å². The molecular formula is C9H12BrFN2. The first-order valence-electron chi connectivity index (χ1n) is 4.02. The van der Waals surface area contributed by atoms with Crippen molar-refractivity contribution in [3.05, 3.63) is 21.9 Å². The lowest BCUT2D eigenvalue weighted by molar-refractivity contribution is 0.516. The van der Waals surface area contributed by atoms with Crippen LogP contribution in [0.5, 0.6) is 0 Å². The zero-order valence-corrected chi connectivity index (χ0v) is 9.74. The minimum atomic E-state index is -0.452. The number of nitrogens with zero attached hydrogens (tertiary/aromatic N) is 2. The third-order valence-electron chi connectivity index (χ3n) is 1.77. The Morgan fingerprint density at radius 3 is 2.23 bits per heavy atom. The number of rotatable bonds is 0. The quantitative estimate of drug-likeness (QED) is 0.520. The first-order chi connectivity index (χ1) is 5.82. The standard InChI is InChI=1S/C9H12BrFN2/c1-5-6(9(2,3)4)12-8(10)13-7(5)11/h1-4H3. The highest BCUT2D eigenvalue weighted by molar-refractivity contribution is 9.10. The van der Waals surface area contributed by atoms with Crippen LogP contribution < -0.4 is 0 Å². The third kappa shape index (κ3) is 2.24. The molecule has 13 heavy (non-hydrogen) atoms. The highest BCUT2D eigenvalue weighted by Crippen LogP contribution is 2.25. The molecule has 0 fully saturated rings. The number of halogens is 2. The van der Waals surface area contributed by atoms with E-state index in [0.717, 1.165) is 5.69 Å². The highest BCUT2D eigenvalue weighted by Gasteiger charge is 2.21. The van der Waals surface area contributed by atoms with Crippen molar-refractivity contribution >= 4 is 15.9 Å². The molecule has 0 radical (unpaired) electrons. The fourth-order valence-corrected chi connectivity index (χ4v) is 1.53. The van der Waals surface area contributed by atoms with Gasteiger partial charge in [0, 0.05) is 11.0 Å². The van der Waals surface area contributed by atoms with Crippen LogP contribution in [0.1, 0.15) is 32.0 Å². The van der Waals surface area contributed by atoms with Gasteiger partial charge in [-0.25, -0.2) is 4.98 Å². The van der Waals surface area contributed by atoms with Gasteiger partial charge in [0.15, 0.2) is 4.73 Å². The minimum absolute atomic E-state index is 0.156. The molecule has 1 aromatic heterocycles. The molecule has 0 unspecified atom stereocenters. The predicted octanol–water partition coefficient (Wildman–Crippen LogP) is 2.98. The molecule has 1 heterocycles. The van der Waals surface area contributed by atoms with Gasteiger partial charge in [-0.2, -0.15) is 9.37 Å². The van der Waals surface area contributed by atoms with Gasteiger partial charge in [-0.1, -0.05) is 20.8 Å². The Morgan fingerprint density at radius 2 is 1.77 bits per heavy atom. The van der Waals surface area contributed by atoms with Gasteiger partial charge in [-0.3, -0.25) is 0 Å². The van der Waals surface area contributed by atoms with E-state index in [9.17, 15) is 4.39 Å². The Morgan fingerprint density at radius 1 is 1.23 bits per heavy atom. The summed E-state index contributed by atoms with van der Waals surface area (Å²) < 4.78 is 13.5. The van der Waals surface area contributed by atoms with Crippen LogP contribution in [0.3, 0.4) is 0 Å². The molecule has 4 heteroatoms. The summed E-state index contributed by atoms with van der Waals surface area (Å²) in [6.07, 6.45) is 0. The Hall–Kier alpha value is -0.510. The molecule has 0 atom stereocenters. The predicted molar refractivity (Wildman–Crippen MR) is 53.1 cm³/mol. The average Bonchev–Trinajstić information content (AvgIpc) is 1.94. The fourth-order valence-electron chi connectivity index (χ4n) is 1.19. The Balaban J connectivity index is 3.37. The zero-order chi connectivity index (χ0) is 10.2. The molecule has 0 aliphatic heterocycles. The summed E-state index contributed by atoms with van der Waals surface area (Å²) in [7, 11) is 0. The van der Waals surface area contributed by atoms with Gasteiger partial charge in [-0.05, 0) is 22.9 Å². The summed E-state index contributed by atoms with van der Waals surface area (Å²) >= 11 is 3.08. The van der Waals surface area contributed by atoms with Crippen LogP contribution in [0.25, 0.3) is 0 Å². The van der Waals surface area contributed by atoms with Gasteiger partial charge < -0.3 is 0 Å². The van der Waals surface area contributed by atoms with Crippen LogP contribution in [-0.2, 0) is 5.41 Å². The summed E-state index contributed by atoms with van der Waals surface area (Å²) in [5.41, 5.74) is 1.11. The van der Waals surface area contributed by atoms with E-state index in [2.05, 4.69) is 25.9 Å². The highest BCUT2D eigenvalue weighted by atomic mass is 79.9. The molecule has 0 aromatic carbocycles. The van der Waals surface area contributed by atoms with Gasteiger partial charge in [0.25, 0.3) is 0 Å². The third-order valence-corrected chi connectivity index (χ3v) is 2.12. The molecule has 0 saturated carbocycles. The topological polar surface area (TPSA) is 25.8 Å². The van der Waals surface area contributed by atoms with Crippen LogP contribution in [-0.4, -0.2) is 9.97 Å². The lowest BCUT2D eigenvalue weighted by atomic mass is 9.89. The molecule has 0 amide bonds. The zero-order valence-electron chi connectivity index (χ0n) is 8.15. The van der Waals surface area contributed by atoms with Crippen LogP contribution in [0.15, 0.2) is 4.73 Å². The summed E-state index contributed by atoms with van der Waals surface area (Å²) in [5, 5.41) is 0. The molecule has 1 rings (SSSR count). The van der Waals surface area contributed by atoms with Crippen molar-refractivity contribution in [2.24, 2.45) is 0 Å². The smallest absolute Gasteiger partial charge is 0.220 e. The molecule has 72 valence electrons. The second-order valence-electron chi connectivity index (χ2n) is 4.01. The van der Waals surface area contributed by atoms with Crippen LogP contribution >= 0.6 is 15.9 Å². The lowest BCUT2D eigenvalue weighted by Gasteiger charge is -2.19. The lowest BCUT2D eigenvalue weighted by Crippen LogP contribution is -2.17. The van der Waals surface area contributed by atoms with Gasteiger partial charge in [0.05, 0.1) is 5.69 Å². The van der Waals surface area contributed by atoms with Gasteiger partial charge in [0.2, 0.25) is 5.95 Å². The first-order valence-corrected chi connectivity index (χ1v) is 4.82. The summed E-state index contributed by atoms with van der Waals surface area (Å²) in [5.74, 6) is -0.452. The SMILES string of the molecule is Cc1c(F)nc(Br)nc1C(C)(C)C. The molecule has 0 aliphatic carbocycles. The molecule has 0 aliphatic rings. The maximum Gasteiger partial charge on any atom is 0.220 e. The normalized spacial score (nSPS) is 11.8. The monoisotopic (exact) mass is 246 g/mol. The summed E-state index contributed by atoms with van der Waals surface area (Å²) in [6, 6.07) is 0. The second-order valence-corrected chi connectivity index (χ2v) is 4.72. The van der Waals surface area contributed by atoms with Crippen molar-refractivity contribution < 1.29 is 4.39 Å². The second kappa shape index (κ2) is 3.33. The average molecular weight is 247 g/mol. The number of hydrogen-bond acceptors (Lipinski definition) is 2. The van der Waals surface area contributed by atoms with E-state index < -0.39 is 5.95 Å². The summed E-state index contributed by atoms with van der Waals surface area (Å²) in [4.78, 5) is 7.76. The number of hydrogen-bond donors (Lipinski definition) is 0. The van der Waals surface area contributed by atoms with Crippen molar-refractivity contribution in [3.8, 4) is 0 Å². The fraction of sp³-hybridized carbons (Fsp3) is 0.556. The van der Waals surface area contributed by atoms with Gasteiger partial charge in [-0.15, -0.1) is 0 Å². The largest absolute Gasteiger partial charge is 0.226 e. The Bertz CT molecular complexity index is 331. The van der Waals surface area contributed by atoms with E-state index >= 15 is 0 Å². The molecule has 2 nitrogen and oxygen atoms in total. The van der Waals surface area contributed by atoms with Crippen molar-refractivity contribution in [3.63, 3.8) is 0 Å². The van der Waals surface area contributed by atoms with Crippen LogP contribution in [0.4, 0.5) is 4.39 Å². The van der Waals surface area contributed by atoms with Crippen LogP contribution in [0, 0.1) is 12.9 Å². The van der Waals surface area contributed by atoms with E-state index in [-0.39, 0.29) is 5.41 Å². The van der Waals surface area contributed by atoms with Gasteiger partial charge >= 0.3 is 0 Å². The van der Waals surface area contributed by atoms with Crippen molar-refractivity contribution in [2.45, 2.75) is 33.1 Å². The maximum atomic E-state index is 13.2. The van der Waals surface area contributed by atoms with E-state index in [1.165, 1.54) is 0 Å². The Labute approximate surface area is 85.7 Å². The van der Waals surface area contributed by atoms with E-state index in [1.807, 2.05) is 20.8 Å². The van der Waals surface area contributed by atoms with Crippen molar-refractivity contribution in [2.75, 3.05) is 0 Å². The maximum absolute atomic E-state index is 13.2. The summed E-state index contributed by atoms with van der Waals surface area (Å²) in [6.45, 7) is 7.68. The van der Waals surface area contributed by atoms with E-state index in [4.69, 9.17) is 0 Å². The minimum Gasteiger partial charge on any atom is -0.226 e. The van der Waals surface area contributed by atoms with Crippen molar-refractivity contribution in [1.82, 2.24) is 9.97 Å². The molecule has 0 bridgehead atoms. The van der Waals surface area contributed by atoms with Crippen LogP contribution in [0.2, 0.25) is 0 Å². The molecule has 1 aromatic rings. The van der Waals surface area contributed by atoms with E-state index in [1.54, 1.807) is 6.92 Å². The molecule has 0 saturated heterocycles. The number of aromatic nitrogens is 2. The molecule has 0 N–H and O–H groups in total. The molecule has 0 spiro atoms. The van der Waals surface area contributed by atoms with Gasteiger partial charge in [0.1, 0.15) is 0 Å². The molecular weight excluding hydrogens is 235 g/mol. The van der Waals surface area contributed by atoms with Crippen molar-refractivity contribution in [1.29, 1.82) is 0 Å². The Kier molecular flexibility index (Phi) is 2.71. The first kappa shape index (κ1) is 10.6.